The van der Waals surface area contributed by atoms with Crippen LogP contribution >= 0.6 is 12.2 Å². The van der Waals surface area contributed by atoms with Crippen molar-refractivity contribution < 1.29 is 4.74 Å². The highest BCUT2D eigenvalue weighted by Gasteiger charge is 2.15. The minimum absolute atomic E-state index is 0.303. The van der Waals surface area contributed by atoms with Gasteiger partial charge >= 0.3 is 0 Å². The molecular weight excluding hydrogens is 246 g/mol. The Balaban J connectivity index is 1.58. The lowest BCUT2D eigenvalue weighted by atomic mass is 9.96. The molecule has 5 heteroatoms. The molecule has 0 aromatic rings. The van der Waals surface area contributed by atoms with E-state index in [1.54, 1.807) is 0 Å². The van der Waals surface area contributed by atoms with Crippen molar-refractivity contribution in [3.05, 3.63) is 12.2 Å². The van der Waals surface area contributed by atoms with Gasteiger partial charge in [-0.15, -0.1) is 0 Å². The highest BCUT2D eigenvalue weighted by molar-refractivity contribution is 7.80. The molecule has 4 nitrogen and oxygen atoms in total. The molecule has 0 spiro atoms. The summed E-state index contributed by atoms with van der Waals surface area (Å²) in [5, 5.41) is 7.89. The van der Waals surface area contributed by atoms with Gasteiger partial charge in [-0.05, 0) is 50.2 Å². The van der Waals surface area contributed by atoms with Crippen LogP contribution < -0.4 is 10.7 Å². The molecule has 0 bridgehead atoms. The average Bonchev–Trinajstić information content (AvgIpc) is 2.91. The Morgan fingerprint density at radius 3 is 3.11 bits per heavy atom. The number of thiocarbonyl (C=S) groups is 1. The summed E-state index contributed by atoms with van der Waals surface area (Å²) in [5.41, 5.74) is 2.86. The summed E-state index contributed by atoms with van der Waals surface area (Å²) >= 11 is 5.15. The van der Waals surface area contributed by atoms with Crippen LogP contribution in [0, 0.1) is 5.92 Å². The molecule has 1 aliphatic heterocycles. The molecule has 100 valence electrons. The van der Waals surface area contributed by atoms with E-state index in [0.717, 1.165) is 38.8 Å². The fourth-order valence-corrected chi connectivity index (χ4v) is 2.34. The second-order valence-corrected chi connectivity index (χ2v) is 5.19. The normalized spacial score (nSPS) is 27.6. The summed E-state index contributed by atoms with van der Waals surface area (Å²) < 4.78 is 5.51. The number of rotatable bonds is 4. The first kappa shape index (κ1) is 13.5. The molecule has 2 N–H and O–H groups in total. The van der Waals surface area contributed by atoms with Crippen molar-refractivity contribution in [3.8, 4) is 0 Å². The van der Waals surface area contributed by atoms with E-state index in [9.17, 15) is 0 Å². The summed E-state index contributed by atoms with van der Waals surface area (Å²) in [6.45, 7) is 1.65. The standard InChI is InChI=1S/C13H21N3OS/c18-13(14-10-12-7-4-8-17-12)16-15-9-11-5-2-1-3-6-11/h1-2,9,11-12H,3-8,10H2,(H2,14,16,18)/b15-9-/t11-,12-/m1/s1. The predicted molar refractivity (Wildman–Crippen MR) is 77.7 cm³/mol. The van der Waals surface area contributed by atoms with E-state index in [1.165, 1.54) is 6.42 Å². The van der Waals surface area contributed by atoms with Crippen LogP contribution in [0.25, 0.3) is 0 Å². The van der Waals surface area contributed by atoms with Crippen LogP contribution in [0.3, 0.4) is 0 Å². The zero-order chi connectivity index (χ0) is 12.6. The molecule has 1 saturated heterocycles. The van der Waals surface area contributed by atoms with Crippen molar-refractivity contribution in [1.29, 1.82) is 0 Å². The Hall–Kier alpha value is -0.940. The van der Waals surface area contributed by atoms with Crippen LogP contribution in [-0.4, -0.2) is 30.6 Å². The SMILES string of the molecule is S=C(NC[C@H]1CCCO1)N/N=C\[C@@H]1CC=CCC1. The van der Waals surface area contributed by atoms with Crippen LogP contribution in [0.4, 0.5) is 0 Å². The van der Waals surface area contributed by atoms with Crippen molar-refractivity contribution >= 4 is 23.5 Å². The fourth-order valence-electron chi connectivity index (χ4n) is 2.21. The second kappa shape index (κ2) is 7.48. The van der Waals surface area contributed by atoms with Gasteiger partial charge in [0.15, 0.2) is 5.11 Å². The van der Waals surface area contributed by atoms with Gasteiger partial charge in [0, 0.05) is 19.4 Å². The van der Waals surface area contributed by atoms with E-state index in [4.69, 9.17) is 17.0 Å². The quantitative estimate of drug-likeness (QED) is 0.354. The Morgan fingerprint density at radius 2 is 2.39 bits per heavy atom. The molecule has 0 amide bonds. The highest BCUT2D eigenvalue weighted by atomic mass is 32.1. The maximum absolute atomic E-state index is 5.51. The Morgan fingerprint density at radius 1 is 1.44 bits per heavy atom. The van der Waals surface area contributed by atoms with Gasteiger partial charge in [-0.25, -0.2) is 0 Å². The van der Waals surface area contributed by atoms with Crippen LogP contribution in [-0.2, 0) is 4.74 Å². The number of allylic oxidation sites excluding steroid dienone is 2. The van der Waals surface area contributed by atoms with Crippen LogP contribution in [0.1, 0.15) is 32.1 Å². The highest BCUT2D eigenvalue weighted by Crippen LogP contribution is 2.15. The largest absolute Gasteiger partial charge is 0.376 e. The minimum Gasteiger partial charge on any atom is -0.376 e. The molecule has 0 aromatic heterocycles. The zero-order valence-electron chi connectivity index (χ0n) is 10.6. The van der Waals surface area contributed by atoms with Gasteiger partial charge in [0.1, 0.15) is 0 Å². The Kier molecular flexibility index (Phi) is 5.61. The number of hydrogen-bond acceptors (Lipinski definition) is 3. The minimum atomic E-state index is 0.303. The van der Waals surface area contributed by atoms with Crippen molar-refractivity contribution in [2.75, 3.05) is 13.2 Å². The monoisotopic (exact) mass is 267 g/mol. The molecule has 2 rings (SSSR count). The number of hydrogen-bond donors (Lipinski definition) is 2. The summed E-state index contributed by atoms with van der Waals surface area (Å²) in [4.78, 5) is 0. The Bertz CT molecular complexity index is 324. The lowest BCUT2D eigenvalue weighted by molar-refractivity contribution is 0.114. The van der Waals surface area contributed by atoms with Gasteiger partial charge in [0.05, 0.1) is 6.10 Å². The van der Waals surface area contributed by atoms with Crippen molar-refractivity contribution in [3.63, 3.8) is 0 Å². The molecule has 0 unspecified atom stereocenters. The topological polar surface area (TPSA) is 45.6 Å². The fraction of sp³-hybridized carbons (Fsp3) is 0.692. The van der Waals surface area contributed by atoms with E-state index < -0.39 is 0 Å². The summed E-state index contributed by atoms with van der Waals surface area (Å²) in [5.74, 6) is 0.545. The van der Waals surface area contributed by atoms with E-state index in [2.05, 4.69) is 28.0 Å². The second-order valence-electron chi connectivity index (χ2n) is 4.78. The number of nitrogens with one attached hydrogen (secondary N) is 2. The molecule has 2 atom stereocenters. The molecule has 1 aliphatic carbocycles. The van der Waals surface area contributed by atoms with Crippen LogP contribution in [0.2, 0.25) is 0 Å². The lowest BCUT2D eigenvalue weighted by Gasteiger charge is -2.13. The number of ether oxygens (including phenoxy) is 1. The molecule has 0 saturated carbocycles. The Labute approximate surface area is 114 Å². The van der Waals surface area contributed by atoms with Gasteiger partial charge < -0.3 is 10.1 Å². The van der Waals surface area contributed by atoms with Crippen molar-refractivity contribution in [1.82, 2.24) is 10.7 Å². The first-order valence-corrected chi connectivity index (χ1v) is 7.09. The van der Waals surface area contributed by atoms with Crippen molar-refractivity contribution in [2.45, 2.75) is 38.2 Å². The molecular formula is C13H21N3OS. The molecule has 0 aromatic carbocycles. The predicted octanol–water partition coefficient (Wildman–Crippen LogP) is 1.97. The van der Waals surface area contributed by atoms with Gasteiger partial charge in [-0.3, -0.25) is 5.43 Å². The summed E-state index contributed by atoms with van der Waals surface area (Å²) in [6, 6.07) is 0. The lowest BCUT2D eigenvalue weighted by Crippen LogP contribution is -2.37. The number of nitrogens with zero attached hydrogens (tertiary/aromatic N) is 1. The molecule has 18 heavy (non-hydrogen) atoms. The van der Waals surface area contributed by atoms with E-state index in [1.807, 2.05) is 6.21 Å². The van der Waals surface area contributed by atoms with Gasteiger partial charge in [-0.1, -0.05) is 12.2 Å². The van der Waals surface area contributed by atoms with Gasteiger partial charge in [0.25, 0.3) is 0 Å². The van der Waals surface area contributed by atoms with E-state index in [0.29, 0.717) is 17.1 Å². The zero-order valence-corrected chi connectivity index (χ0v) is 11.4. The third kappa shape index (κ3) is 4.74. The third-order valence-corrected chi connectivity index (χ3v) is 3.51. The maximum atomic E-state index is 5.51. The molecule has 0 radical (unpaired) electrons. The molecule has 1 heterocycles. The first-order chi connectivity index (χ1) is 8.84. The smallest absolute Gasteiger partial charge is 0.187 e. The maximum Gasteiger partial charge on any atom is 0.187 e. The molecule has 2 aliphatic rings. The van der Waals surface area contributed by atoms with E-state index in [-0.39, 0.29) is 0 Å². The third-order valence-electron chi connectivity index (χ3n) is 3.28. The number of hydrazone groups is 1. The van der Waals surface area contributed by atoms with Crippen molar-refractivity contribution in [2.24, 2.45) is 11.0 Å². The molecule has 1 fully saturated rings. The van der Waals surface area contributed by atoms with Crippen LogP contribution in [0.5, 0.6) is 0 Å². The summed E-state index contributed by atoms with van der Waals surface area (Å²) in [6.07, 6.45) is 12.4. The van der Waals surface area contributed by atoms with Crippen LogP contribution in [0.15, 0.2) is 17.3 Å². The van der Waals surface area contributed by atoms with Gasteiger partial charge in [0.2, 0.25) is 0 Å². The first-order valence-electron chi connectivity index (χ1n) is 6.68. The summed E-state index contributed by atoms with van der Waals surface area (Å²) in [7, 11) is 0. The van der Waals surface area contributed by atoms with Gasteiger partial charge in [-0.2, -0.15) is 5.10 Å². The average molecular weight is 267 g/mol. The van der Waals surface area contributed by atoms with E-state index >= 15 is 0 Å².